The van der Waals surface area contributed by atoms with E-state index in [4.69, 9.17) is 10.8 Å². The lowest BCUT2D eigenvalue weighted by Gasteiger charge is -2.12. The van der Waals surface area contributed by atoms with Crippen molar-refractivity contribution in [2.24, 2.45) is 5.73 Å². The van der Waals surface area contributed by atoms with Crippen molar-refractivity contribution in [2.75, 3.05) is 6.54 Å². The molecule has 0 saturated heterocycles. The molecule has 1 aromatic rings. The second-order valence-corrected chi connectivity index (χ2v) is 3.47. The summed E-state index contributed by atoms with van der Waals surface area (Å²) in [6.07, 6.45) is 1.44. The Balaban J connectivity index is 2.63. The lowest BCUT2D eigenvalue weighted by atomic mass is 10.1. The van der Waals surface area contributed by atoms with Crippen molar-refractivity contribution in [1.29, 1.82) is 0 Å². The number of aliphatic carboxylic acids is 1. The maximum atomic E-state index is 11.2. The molecule has 0 unspecified atom stereocenters. The van der Waals surface area contributed by atoms with Crippen LogP contribution in [0, 0.1) is 0 Å². The molecule has 0 bridgehead atoms. The van der Waals surface area contributed by atoms with Crippen molar-refractivity contribution in [3.63, 3.8) is 0 Å². The Morgan fingerprint density at radius 3 is 2.71 bits per heavy atom. The number of aromatic nitrogens is 2. The number of carboxylic acid groups (broad SMARTS) is 1. The van der Waals surface area contributed by atoms with Crippen LogP contribution >= 0.6 is 0 Å². The van der Waals surface area contributed by atoms with E-state index in [0.717, 1.165) is 0 Å². The van der Waals surface area contributed by atoms with Gasteiger partial charge in [0.2, 0.25) is 5.91 Å². The van der Waals surface area contributed by atoms with Crippen LogP contribution in [-0.4, -0.2) is 39.5 Å². The Morgan fingerprint density at radius 1 is 1.53 bits per heavy atom. The first-order valence-electron chi connectivity index (χ1n) is 5.01. The minimum atomic E-state index is -1.17. The molecule has 0 fully saturated rings. The molecule has 0 aliphatic rings. The molecule has 17 heavy (non-hydrogen) atoms. The molecule has 8 nitrogen and oxygen atoms in total. The average Bonchev–Trinajstić information content (AvgIpc) is 2.63. The standard InChI is InChI=1S/C9H14N4O4/c10-2-1-7(14)13-6(8(15)16)3-5-4-11-9(17)12-5/h4,6H,1-3,10H2,(H,13,14)(H,15,16)(H2,11,12,17)/t6-/m0/s1. The highest BCUT2D eigenvalue weighted by Crippen LogP contribution is 1.97. The number of aromatic amines is 2. The number of amides is 1. The number of carbonyl (C=O) groups is 2. The summed E-state index contributed by atoms with van der Waals surface area (Å²) in [7, 11) is 0. The van der Waals surface area contributed by atoms with E-state index in [1.165, 1.54) is 6.20 Å². The number of nitrogens with two attached hydrogens (primary N) is 1. The molecular formula is C9H14N4O4. The molecule has 0 aliphatic heterocycles. The van der Waals surface area contributed by atoms with E-state index in [-0.39, 0.29) is 19.4 Å². The molecule has 0 radical (unpaired) electrons. The van der Waals surface area contributed by atoms with Crippen molar-refractivity contribution in [1.82, 2.24) is 15.3 Å². The lowest BCUT2D eigenvalue weighted by molar-refractivity contribution is -0.141. The predicted molar refractivity (Wildman–Crippen MR) is 58.4 cm³/mol. The summed E-state index contributed by atoms with van der Waals surface area (Å²) in [5, 5.41) is 11.2. The molecule has 8 heteroatoms. The van der Waals surface area contributed by atoms with Crippen LogP contribution in [0.5, 0.6) is 0 Å². The summed E-state index contributed by atoms with van der Waals surface area (Å²) in [6.45, 7) is 0.152. The molecule has 0 saturated carbocycles. The third kappa shape index (κ3) is 4.11. The van der Waals surface area contributed by atoms with E-state index >= 15 is 0 Å². The first kappa shape index (κ1) is 13.0. The highest BCUT2D eigenvalue weighted by Gasteiger charge is 2.20. The largest absolute Gasteiger partial charge is 0.480 e. The second-order valence-electron chi connectivity index (χ2n) is 3.47. The Kier molecular flexibility index (Phi) is 4.46. The quantitative estimate of drug-likeness (QED) is 0.398. The van der Waals surface area contributed by atoms with Crippen LogP contribution in [0.15, 0.2) is 11.0 Å². The summed E-state index contributed by atoms with van der Waals surface area (Å²) in [5.41, 5.74) is 5.17. The smallest absolute Gasteiger partial charge is 0.326 e. The van der Waals surface area contributed by atoms with Gasteiger partial charge in [-0.15, -0.1) is 0 Å². The Bertz CT molecular complexity index is 450. The maximum absolute atomic E-state index is 11.2. The van der Waals surface area contributed by atoms with Crippen molar-refractivity contribution in [3.05, 3.63) is 22.4 Å². The lowest BCUT2D eigenvalue weighted by Crippen LogP contribution is -2.43. The molecule has 94 valence electrons. The number of hydrogen-bond donors (Lipinski definition) is 5. The topological polar surface area (TPSA) is 141 Å². The normalized spacial score (nSPS) is 12.1. The first-order valence-corrected chi connectivity index (χ1v) is 5.01. The van der Waals surface area contributed by atoms with Crippen molar-refractivity contribution in [3.8, 4) is 0 Å². The van der Waals surface area contributed by atoms with Crippen LogP contribution in [0.25, 0.3) is 0 Å². The number of carboxylic acids is 1. The summed E-state index contributed by atoms with van der Waals surface area (Å²) in [5.74, 6) is -1.60. The van der Waals surface area contributed by atoms with Crippen molar-refractivity contribution in [2.45, 2.75) is 18.9 Å². The molecule has 0 aliphatic carbocycles. The third-order valence-corrected chi connectivity index (χ3v) is 2.08. The molecule has 1 amide bonds. The fraction of sp³-hybridized carbons (Fsp3) is 0.444. The number of carbonyl (C=O) groups excluding carboxylic acids is 1. The molecule has 1 rings (SSSR count). The van der Waals surface area contributed by atoms with Gasteiger partial charge in [0.1, 0.15) is 6.04 Å². The van der Waals surface area contributed by atoms with E-state index in [1.54, 1.807) is 0 Å². The Hall–Kier alpha value is -2.09. The van der Waals surface area contributed by atoms with Crippen LogP contribution in [0.3, 0.4) is 0 Å². The number of rotatable bonds is 6. The van der Waals surface area contributed by atoms with Crippen molar-refractivity contribution < 1.29 is 14.7 Å². The minimum Gasteiger partial charge on any atom is -0.480 e. The van der Waals surface area contributed by atoms with E-state index in [0.29, 0.717) is 5.69 Å². The van der Waals surface area contributed by atoms with Crippen molar-refractivity contribution >= 4 is 11.9 Å². The van der Waals surface area contributed by atoms with Gasteiger partial charge in [0.25, 0.3) is 0 Å². The SMILES string of the molecule is NCCC(=O)N[C@@H](Cc1c[nH]c(=O)[nH]1)C(=O)O. The van der Waals surface area contributed by atoms with E-state index in [1.807, 2.05) is 0 Å². The predicted octanol–water partition coefficient (Wildman–Crippen LogP) is -1.84. The fourth-order valence-corrected chi connectivity index (χ4v) is 1.30. The van der Waals surface area contributed by atoms with Gasteiger partial charge in [0.15, 0.2) is 0 Å². The summed E-state index contributed by atoms with van der Waals surface area (Å²) in [6, 6.07) is -1.08. The minimum absolute atomic E-state index is 0.00435. The van der Waals surface area contributed by atoms with Crippen LogP contribution in [-0.2, 0) is 16.0 Å². The average molecular weight is 242 g/mol. The molecule has 0 spiro atoms. The van der Waals surface area contributed by atoms with E-state index < -0.39 is 23.6 Å². The van der Waals surface area contributed by atoms with Gasteiger partial charge in [-0.1, -0.05) is 0 Å². The molecule has 1 atom stereocenters. The van der Waals surface area contributed by atoms with Crippen LogP contribution in [0.1, 0.15) is 12.1 Å². The summed E-state index contributed by atoms with van der Waals surface area (Å²) < 4.78 is 0. The van der Waals surface area contributed by atoms with Gasteiger partial charge >= 0.3 is 11.7 Å². The Labute approximate surface area is 96.2 Å². The van der Waals surface area contributed by atoms with Gasteiger partial charge in [-0.2, -0.15) is 0 Å². The molecule has 1 heterocycles. The molecular weight excluding hydrogens is 228 g/mol. The highest BCUT2D eigenvalue weighted by atomic mass is 16.4. The molecule has 0 aromatic carbocycles. The number of nitrogens with one attached hydrogen (secondary N) is 3. The maximum Gasteiger partial charge on any atom is 0.326 e. The Morgan fingerprint density at radius 2 is 2.24 bits per heavy atom. The zero-order chi connectivity index (χ0) is 12.8. The van der Waals surface area contributed by atoms with Gasteiger partial charge < -0.3 is 26.1 Å². The summed E-state index contributed by atoms with van der Waals surface area (Å²) in [4.78, 5) is 37.7. The van der Waals surface area contributed by atoms with Gasteiger partial charge in [-0.3, -0.25) is 4.79 Å². The van der Waals surface area contributed by atoms with Crippen LogP contribution in [0.2, 0.25) is 0 Å². The number of H-pyrrole nitrogens is 2. The molecule has 1 aromatic heterocycles. The second kappa shape index (κ2) is 5.85. The van der Waals surface area contributed by atoms with Gasteiger partial charge in [-0.05, 0) is 0 Å². The van der Waals surface area contributed by atoms with E-state index in [2.05, 4.69) is 15.3 Å². The zero-order valence-electron chi connectivity index (χ0n) is 9.03. The first-order chi connectivity index (χ1) is 8.02. The summed E-state index contributed by atoms with van der Waals surface area (Å²) >= 11 is 0. The third-order valence-electron chi connectivity index (χ3n) is 2.08. The monoisotopic (exact) mass is 242 g/mol. The zero-order valence-corrected chi connectivity index (χ0v) is 9.03. The van der Waals surface area contributed by atoms with Gasteiger partial charge in [-0.25, -0.2) is 9.59 Å². The van der Waals surface area contributed by atoms with E-state index in [9.17, 15) is 14.4 Å². The number of imidazole rings is 1. The fourth-order valence-electron chi connectivity index (χ4n) is 1.30. The van der Waals surface area contributed by atoms with Crippen LogP contribution in [0.4, 0.5) is 0 Å². The molecule has 6 N–H and O–H groups in total. The van der Waals surface area contributed by atoms with Gasteiger partial charge in [0.05, 0.1) is 0 Å². The van der Waals surface area contributed by atoms with Gasteiger partial charge in [0, 0.05) is 31.3 Å². The number of hydrogen-bond acceptors (Lipinski definition) is 4. The highest BCUT2D eigenvalue weighted by molar-refractivity contribution is 5.83. The van der Waals surface area contributed by atoms with Crippen LogP contribution < -0.4 is 16.7 Å².